The summed E-state index contributed by atoms with van der Waals surface area (Å²) in [5.74, 6) is 1.82. The summed E-state index contributed by atoms with van der Waals surface area (Å²) in [4.78, 5) is 4.34. The van der Waals surface area contributed by atoms with E-state index >= 15 is 0 Å². The molecule has 0 amide bonds. The van der Waals surface area contributed by atoms with Crippen LogP contribution in [0.15, 0.2) is 48.5 Å². The van der Waals surface area contributed by atoms with Crippen LogP contribution in [0.1, 0.15) is 87.2 Å². The van der Waals surface area contributed by atoms with Gasteiger partial charge in [0, 0.05) is 24.9 Å². The second-order valence-corrected chi connectivity index (χ2v) is 12.8. The van der Waals surface area contributed by atoms with Crippen LogP contribution in [0.2, 0.25) is 0 Å². The van der Waals surface area contributed by atoms with Crippen molar-refractivity contribution in [1.29, 1.82) is 0 Å². The standard InChI is InChI=1S/C34H52N2O4/c1-35(2)25-31(33(37)19-7-5-8-20-33)27-11-15-29(16-12-27)39-23-24-40-30-17-13-28(14-18-30)32(26-36(3)4)34(38)21-9-6-10-22-34/h11-18,31-32,37-38H,5-10,19-26H2,1-4H3. The summed E-state index contributed by atoms with van der Waals surface area (Å²) in [5.41, 5.74) is 1.09. The van der Waals surface area contributed by atoms with E-state index in [1.54, 1.807) is 0 Å². The highest BCUT2D eigenvalue weighted by atomic mass is 16.5. The number of nitrogens with zero attached hydrogens (tertiary/aromatic N) is 2. The fourth-order valence-corrected chi connectivity index (χ4v) is 6.84. The maximum absolute atomic E-state index is 11.5. The molecule has 40 heavy (non-hydrogen) atoms. The molecule has 0 bridgehead atoms. The number of benzene rings is 2. The Morgan fingerprint density at radius 2 is 0.900 bits per heavy atom. The topological polar surface area (TPSA) is 65.4 Å². The molecule has 2 fully saturated rings. The Kier molecular flexibility index (Phi) is 10.9. The van der Waals surface area contributed by atoms with E-state index in [-0.39, 0.29) is 11.8 Å². The van der Waals surface area contributed by atoms with Gasteiger partial charge >= 0.3 is 0 Å². The molecule has 0 heterocycles. The normalized spacial score (nSPS) is 20.3. The molecule has 6 nitrogen and oxygen atoms in total. The van der Waals surface area contributed by atoms with Crippen molar-refractivity contribution in [2.24, 2.45) is 0 Å². The van der Waals surface area contributed by atoms with Crippen LogP contribution in [-0.4, -0.2) is 85.7 Å². The molecular weight excluding hydrogens is 500 g/mol. The lowest BCUT2D eigenvalue weighted by molar-refractivity contribution is -0.0280. The minimum atomic E-state index is -0.630. The maximum Gasteiger partial charge on any atom is 0.122 e. The average molecular weight is 553 g/mol. The fourth-order valence-electron chi connectivity index (χ4n) is 6.84. The van der Waals surface area contributed by atoms with Gasteiger partial charge in [0.2, 0.25) is 0 Å². The summed E-state index contributed by atoms with van der Waals surface area (Å²) in [6.45, 7) is 2.57. The molecule has 2 atom stereocenters. The van der Waals surface area contributed by atoms with E-state index < -0.39 is 11.2 Å². The summed E-state index contributed by atoms with van der Waals surface area (Å²) in [6, 6.07) is 16.5. The Morgan fingerprint density at radius 1 is 0.575 bits per heavy atom. The molecule has 2 N–H and O–H groups in total. The average Bonchev–Trinajstić information content (AvgIpc) is 2.94. The summed E-state index contributed by atoms with van der Waals surface area (Å²) >= 11 is 0. The first kappa shape index (κ1) is 30.8. The molecule has 2 aromatic carbocycles. The number of likely N-dealkylation sites (N-methyl/N-ethyl adjacent to an activating group) is 2. The van der Waals surface area contributed by atoms with E-state index in [2.05, 4.69) is 62.3 Å². The van der Waals surface area contributed by atoms with Crippen molar-refractivity contribution in [3.05, 3.63) is 59.7 Å². The third-order valence-electron chi connectivity index (χ3n) is 9.02. The molecule has 0 radical (unpaired) electrons. The molecule has 6 heteroatoms. The Hall–Kier alpha value is -2.12. The zero-order valence-corrected chi connectivity index (χ0v) is 25.3. The highest BCUT2D eigenvalue weighted by molar-refractivity contribution is 5.33. The molecule has 2 unspecified atom stereocenters. The van der Waals surface area contributed by atoms with Gasteiger partial charge in [0.15, 0.2) is 0 Å². The van der Waals surface area contributed by atoms with Crippen LogP contribution in [-0.2, 0) is 0 Å². The predicted molar refractivity (Wildman–Crippen MR) is 163 cm³/mol. The van der Waals surface area contributed by atoms with Crippen LogP contribution in [0.5, 0.6) is 11.5 Å². The number of ether oxygens (including phenoxy) is 2. The lowest BCUT2D eigenvalue weighted by Gasteiger charge is -2.41. The largest absolute Gasteiger partial charge is 0.490 e. The molecule has 0 aromatic heterocycles. The van der Waals surface area contributed by atoms with Crippen LogP contribution in [0, 0.1) is 0 Å². The van der Waals surface area contributed by atoms with E-state index in [9.17, 15) is 10.2 Å². The van der Waals surface area contributed by atoms with Crippen molar-refractivity contribution in [2.45, 2.75) is 87.2 Å². The van der Waals surface area contributed by atoms with Crippen molar-refractivity contribution in [3.8, 4) is 11.5 Å². The molecule has 2 aliphatic carbocycles. The van der Waals surface area contributed by atoms with Gasteiger partial charge < -0.3 is 29.5 Å². The fraction of sp³-hybridized carbons (Fsp3) is 0.647. The van der Waals surface area contributed by atoms with Gasteiger partial charge in [-0.25, -0.2) is 0 Å². The van der Waals surface area contributed by atoms with Crippen molar-refractivity contribution < 1.29 is 19.7 Å². The van der Waals surface area contributed by atoms with Gasteiger partial charge in [0.1, 0.15) is 24.7 Å². The molecule has 2 aromatic rings. The molecule has 0 saturated heterocycles. The highest BCUT2D eigenvalue weighted by Gasteiger charge is 2.40. The Labute approximate surface area is 242 Å². The Bertz CT molecular complexity index is 926. The number of rotatable bonds is 13. The van der Waals surface area contributed by atoms with Crippen molar-refractivity contribution >= 4 is 0 Å². The van der Waals surface area contributed by atoms with Gasteiger partial charge in [-0.15, -0.1) is 0 Å². The van der Waals surface area contributed by atoms with Crippen LogP contribution < -0.4 is 9.47 Å². The summed E-state index contributed by atoms with van der Waals surface area (Å²) in [6.07, 6.45) is 10.3. The molecule has 0 spiro atoms. The summed E-state index contributed by atoms with van der Waals surface area (Å²) in [5, 5.41) is 22.9. The van der Waals surface area contributed by atoms with E-state index in [1.807, 2.05) is 24.3 Å². The number of hydrogen-bond acceptors (Lipinski definition) is 6. The third kappa shape index (κ3) is 8.22. The number of hydrogen-bond donors (Lipinski definition) is 2. The second-order valence-electron chi connectivity index (χ2n) is 12.8. The lowest BCUT2D eigenvalue weighted by Crippen LogP contribution is -2.42. The predicted octanol–water partition coefficient (Wildman–Crippen LogP) is 5.83. The molecule has 4 rings (SSSR count). The van der Waals surface area contributed by atoms with Crippen LogP contribution in [0.25, 0.3) is 0 Å². The monoisotopic (exact) mass is 552 g/mol. The Balaban J connectivity index is 1.29. The minimum absolute atomic E-state index is 0.0966. The quantitative estimate of drug-likeness (QED) is 0.305. The van der Waals surface area contributed by atoms with Crippen molar-refractivity contribution in [2.75, 3.05) is 54.5 Å². The van der Waals surface area contributed by atoms with E-state index in [0.717, 1.165) is 76.0 Å². The van der Waals surface area contributed by atoms with Gasteiger partial charge in [-0.05, 0) is 89.3 Å². The molecule has 0 aliphatic heterocycles. The van der Waals surface area contributed by atoms with Crippen LogP contribution >= 0.6 is 0 Å². The molecule has 2 saturated carbocycles. The van der Waals surface area contributed by atoms with Gasteiger partial charge in [0.25, 0.3) is 0 Å². The summed E-state index contributed by atoms with van der Waals surface area (Å²) < 4.78 is 12.0. The zero-order chi connectivity index (χ0) is 28.6. The van der Waals surface area contributed by atoms with Gasteiger partial charge in [-0.3, -0.25) is 0 Å². The second kappa shape index (κ2) is 14.2. The maximum atomic E-state index is 11.5. The SMILES string of the molecule is CN(C)CC(c1ccc(OCCOc2ccc(C(CN(C)C)C3(O)CCCCC3)cc2)cc1)C1(O)CCCCC1. The smallest absolute Gasteiger partial charge is 0.122 e. The minimum Gasteiger partial charge on any atom is -0.490 e. The molecule has 2 aliphatic rings. The van der Waals surface area contributed by atoms with Gasteiger partial charge in [-0.2, -0.15) is 0 Å². The van der Waals surface area contributed by atoms with Crippen LogP contribution in [0.4, 0.5) is 0 Å². The van der Waals surface area contributed by atoms with Gasteiger partial charge in [-0.1, -0.05) is 62.8 Å². The van der Waals surface area contributed by atoms with E-state index in [1.165, 1.54) is 24.0 Å². The van der Waals surface area contributed by atoms with Gasteiger partial charge in [0.05, 0.1) is 11.2 Å². The molecular formula is C34H52N2O4. The third-order valence-corrected chi connectivity index (χ3v) is 9.02. The zero-order valence-electron chi connectivity index (χ0n) is 25.3. The summed E-state index contributed by atoms with van der Waals surface area (Å²) in [7, 11) is 8.30. The van der Waals surface area contributed by atoms with Crippen LogP contribution in [0.3, 0.4) is 0 Å². The highest BCUT2D eigenvalue weighted by Crippen LogP contribution is 2.42. The van der Waals surface area contributed by atoms with Crippen molar-refractivity contribution in [3.63, 3.8) is 0 Å². The lowest BCUT2D eigenvalue weighted by atomic mass is 9.72. The van der Waals surface area contributed by atoms with E-state index in [0.29, 0.717) is 13.2 Å². The first-order valence-corrected chi connectivity index (χ1v) is 15.4. The first-order valence-electron chi connectivity index (χ1n) is 15.4. The first-order chi connectivity index (χ1) is 19.2. The van der Waals surface area contributed by atoms with E-state index in [4.69, 9.17) is 9.47 Å². The number of aliphatic hydroxyl groups is 2. The molecule has 222 valence electrons. The van der Waals surface area contributed by atoms with Crippen molar-refractivity contribution in [1.82, 2.24) is 9.80 Å². The Morgan fingerprint density at radius 3 is 1.20 bits per heavy atom.